The Morgan fingerprint density at radius 1 is 0.714 bits per heavy atom. The van der Waals surface area contributed by atoms with Crippen LogP contribution in [0.2, 0.25) is 0 Å². The second kappa shape index (κ2) is 14.1. The summed E-state index contributed by atoms with van der Waals surface area (Å²) in [6.07, 6.45) is 3.58. The number of carbonyl (C=O) groups is 3. The molecule has 250 valence electrons. The summed E-state index contributed by atoms with van der Waals surface area (Å²) >= 11 is 0. The number of Topliss-reactive ketones (excluding diaryl/α,β-unsaturated/α-hetero) is 2. The van der Waals surface area contributed by atoms with Gasteiger partial charge in [-0.2, -0.15) is 0 Å². The number of anilines is 1. The third-order valence-electron chi connectivity index (χ3n) is 8.51. The van der Waals surface area contributed by atoms with Gasteiger partial charge in [0.1, 0.15) is 11.6 Å². The van der Waals surface area contributed by atoms with Crippen molar-refractivity contribution in [2.45, 2.75) is 19.4 Å². The molecule has 3 aromatic carbocycles. The minimum atomic E-state index is -1.44. The maximum atomic E-state index is 14.5. The van der Waals surface area contributed by atoms with Crippen LogP contribution in [-0.2, 0) is 22.6 Å². The van der Waals surface area contributed by atoms with Crippen molar-refractivity contribution in [3.63, 3.8) is 0 Å². The van der Waals surface area contributed by atoms with Crippen molar-refractivity contribution >= 4 is 23.2 Å². The van der Waals surface area contributed by atoms with E-state index < -0.39 is 70.3 Å². The van der Waals surface area contributed by atoms with E-state index >= 15 is 0 Å². The molecule has 5 aromatic rings. The van der Waals surface area contributed by atoms with Crippen LogP contribution in [0.5, 0.6) is 0 Å². The fourth-order valence-electron chi connectivity index (χ4n) is 5.86. The lowest BCUT2D eigenvalue weighted by Crippen LogP contribution is -2.51. The molecule has 2 aromatic heterocycles. The number of hydrogen-bond acceptors (Lipinski definition) is 5. The van der Waals surface area contributed by atoms with E-state index in [0.717, 1.165) is 28.1 Å². The first-order valence-corrected chi connectivity index (χ1v) is 15.5. The molecule has 0 saturated carbocycles. The van der Waals surface area contributed by atoms with Gasteiger partial charge in [-0.25, -0.2) is 17.6 Å². The molecular formula is C37H30F4N4O4. The number of benzene rings is 3. The molecular weight excluding hydrogens is 640 g/mol. The molecule has 1 aliphatic heterocycles. The number of halogens is 4. The molecule has 0 aliphatic carbocycles. The van der Waals surface area contributed by atoms with Gasteiger partial charge in [0, 0.05) is 73.7 Å². The Balaban J connectivity index is 1.17. The first-order chi connectivity index (χ1) is 23.6. The average Bonchev–Trinajstić information content (AvgIpc) is 3.66. The molecule has 0 unspecified atom stereocenters. The smallest absolute Gasteiger partial charge is 0.290 e. The molecule has 0 atom stereocenters. The molecule has 8 nitrogen and oxygen atoms in total. The van der Waals surface area contributed by atoms with E-state index in [1.807, 2.05) is 53.4 Å². The molecule has 1 fully saturated rings. The first-order valence-electron chi connectivity index (χ1n) is 15.5. The standard InChI is InChI=1S/C37H30F4N4O4/c38-30-6-2-1-5-25(30)23-45-22-24(19-28-31(39)11-12-32(40)35(28)41)20-29(36(45)48)33(46)21-34(47)37(49)44-17-15-43(16-18-44)27-9-7-26(8-10-27)42-13-3-4-14-42/h1-14,20,22H,15-19,21,23H2. The predicted octanol–water partition coefficient (Wildman–Crippen LogP) is 5.33. The van der Waals surface area contributed by atoms with Crippen LogP contribution in [0.3, 0.4) is 0 Å². The number of rotatable bonds is 10. The van der Waals surface area contributed by atoms with E-state index in [4.69, 9.17) is 0 Å². The van der Waals surface area contributed by atoms with Crippen molar-refractivity contribution in [3.05, 3.63) is 153 Å². The monoisotopic (exact) mass is 670 g/mol. The lowest BCUT2D eigenvalue weighted by atomic mass is 10.00. The molecule has 1 aliphatic rings. The zero-order chi connectivity index (χ0) is 34.7. The van der Waals surface area contributed by atoms with Crippen LogP contribution in [0.1, 0.15) is 33.5 Å². The van der Waals surface area contributed by atoms with Crippen molar-refractivity contribution in [1.29, 1.82) is 0 Å². The van der Waals surface area contributed by atoms with Gasteiger partial charge in [0.25, 0.3) is 11.5 Å². The number of carbonyl (C=O) groups excluding carboxylic acids is 3. The van der Waals surface area contributed by atoms with Gasteiger partial charge in [-0.15, -0.1) is 0 Å². The van der Waals surface area contributed by atoms with E-state index in [1.54, 1.807) is 6.07 Å². The minimum absolute atomic E-state index is 0.0268. The van der Waals surface area contributed by atoms with Crippen molar-refractivity contribution in [2.24, 2.45) is 0 Å². The highest BCUT2D eigenvalue weighted by molar-refractivity contribution is 6.40. The van der Waals surface area contributed by atoms with Crippen molar-refractivity contribution in [3.8, 4) is 5.69 Å². The van der Waals surface area contributed by atoms with Gasteiger partial charge in [-0.3, -0.25) is 19.2 Å². The second-order valence-corrected chi connectivity index (χ2v) is 11.7. The molecule has 12 heteroatoms. The highest BCUT2D eigenvalue weighted by Crippen LogP contribution is 2.22. The average molecular weight is 671 g/mol. The number of ketones is 2. The van der Waals surface area contributed by atoms with Crippen LogP contribution in [0, 0.1) is 23.3 Å². The zero-order valence-corrected chi connectivity index (χ0v) is 26.1. The Kier molecular flexibility index (Phi) is 9.56. The molecule has 6 rings (SSSR count). The zero-order valence-electron chi connectivity index (χ0n) is 26.1. The molecule has 0 N–H and O–H groups in total. The van der Waals surface area contributed by atoms with E-state index in [-0.39, 0.29) is 30.8 Å². The van der Waals surface area contributed by atoms with Gasteiger partial charge in [0.15, 0.2) is 17.4 Å². The number of hydrogen-bond donors (Lipinski definition) is 0. The van der Waals surface area contributed by atoms with Crippen molar-refractivity contribution in [1.82, 2.24) is 14.0 Å². The second-order valence-electron chi connectivity index (χ2n) is 11.7. The molecule has 0 spiro atoms. The molecule has 0 radical (unpaired) electrons. The van der Waals surface area contributed by atoms with Crippen LogP contribution in [-0.4, -0.2) is 57.7 Å². The predicted molar refractivity (Wildman–Crippen MR) is 174 cm³/mol. The third kappa shape index (κ3) is 7.23. The van der Waals surface area contributed by atoms with Crippen LogP contribution >= 0.6 is 0 Å². The third-order valence-corrected chi connectivity index (χ3v) is 8.51. The quantitative estimate of drug-likeness (QED) is 0.0660. The van der Waals surface area contributed by atoms with Crippen molar-refractivity contribution in [2.75, 3.05) is 31.1 Å². The largest absolute Gasteiger partial charge is 0.368 e. The Bertz CT molecular complexity index is 2090. The van der Waals surface area contributed by atoms with Gasteiger partial charge < -0.3 is 18.9 Å². The number of amides is 1. The van der Waals surface area contributed by atoms with Crippen LogP contribution in [0.25, 0.3) is 5.69 Å². The fourth-order valence-corrected chi connectivity index (χ4v) is 5.86. The lowest BCUT2D eigenvalue weighted by Gasteiger charge is -2.35. The summed E-state index contributed by atoms with van der Waals surface area (Å²) in [5.41, 5.74) is 0.000135. The van der Waals surface area contributed by atoms with Crippen LogP contribution in [0.4, 0.5) is 23.2 Å². The van der Waals surface area contributed by atoms with E-state index in [9.17, 15) is 36.7 Å². The molecule has 1 saturated heterocycles. The van der Waals surface area contributed by atoms with Crippen LogP contribution in [0.15, 0.2) is 102 Å². The molecule has 49 heavy (non-hydrogen) atoms. The summed E-state index contributed by atoms with van der Waals surface area (Å²) in [7, 11) is 0. The Hall–Kier alpha value is -5.78. The number of nitrogens with zero attached hydrogens (tertiary/aromatic N) is 4. The fraction of sp³-hybridized carbons (Fsp3) is 0.189. The van der Waals surface area contributed by atoms with E-state index in [2.05, 4.69) is 4.90 Å². The van der Waals surface area contributed by atoms with Gasteiger partial charge in [-0.05, 0) is 66.2 Å². The number of aromatic nitrogens is 2. The Morgan fingerprint density at radius 3 is 2.06 bits per heavy atom. The maximum absolute atomic E-state index is 14.5. The van der Waals surface area contributed by atoms with Gasteiger partial charge >= 0.3 is 0 Å². The Morgan fingerprint density at radius 2 is 1.37 bits per heavy atom. The highest BCUT2D eigenvalue weighted by Gasteiger charge is 2.29. The van der Waals surface area contributed by atoms with E-state index in [1.165, 1.54) is 29.3 Å². The van der Waals surface area contributed by atoms with E-state index in [0.29, 0.717) is 19.2 Å². The highest BCUT2D eigenvalue weighted by atomic mass is 19.2. The summed E-state index contributed by atoms with van der Waals surface area (Å²) in [6.45, 7) is 1.01. The van der Waals surface area contributed by atoms with Gasteiger partial charge in [0.05, 0.1) is 18.5 Å². The molecule has 1 amide bonds. The molecule has 3 heterocycles. The van der Waals surface area contributed by atoms with Gasteiger partial charge in [0.2, 0.25) is 5.78 Å². The lowest BCUT2D eigenvalue weighted by molar-refractivity contribution is -0.144. The summed E-state index contributed by atoms with van der Waals surface area (Å²) in [5, 5.41) is 0. The minimum Gasteiger partial charge on any atom is -0.368 e. The SMILES string of the molecule is O=C(CC(=O)c1cc(Cc2c(F)ccc(F)c2F)cn(Cc2ccccc2F)c1=O)C(=O)N1CCN(c2ccc(-n3cccc3)cc2)CC1. The van der Waals surface area contributed by atoms with Gasteiger partial charge in [-0.1, -0.05) is 18.2 Å². The summed E-state index contributed by atoms with van der Waals surface area (Å²) in [4.78, 5) is 56.4. The number of piperazine rings is 1. The summed E-state index contributed by atoms with van der Waals surface area (Å²) < 4.78 is 60.4. The number of pyridine rings is 1. The first kappa shape index (κ1) is 33.1. The summed E-state index contributed by atoms with van der Waals surface area (Å²) in [6, 6.07) is 19.8. The van der Waals surface area contributed by atoms with Crippen LogP contribution < -0.4 is 10.5 Å². The summed E-state index contributed by atoms with van der Waals surface area (Å²) in [5.74, 6) is -7.30. The topological polar surface area (TPSA) is 84.6 Å². The molecule has 0 bridgehead atoms. The maximum Gasteiger partial charge on any atom is 0.290 e. The Labute approximate surface area is 278 Å². The van der Waals surface area contributed by atoms with Crippen molar-refractivity contribution < 1.29 is 31.9 Å². The normalized spacial score (nSPS) is 13.1.